The zero-order chi connectivity index (χ0) is 17.6. The van der Waals surface area contributed by atoms with E-state index in [0.717, 1.165) is 28.3 Å². The highest BCUT2D eigenvalue weighted by Gasteiger charge is 2.30. The van der Waals surface area contributed by atoms with Crippen LogP contribution in [0.1, 0.15) is 52.5 Å². The Hall–Kier alpha value is -2.76. The van der Waals surface area contributed by atoms with Crippen molar-refractivity contribution in [3.63, 3.8) is 0 Å². The predicted octanol–water partition coefficient (Wildman–Crippen LogP) is 4.02. The van der Waals surface area contributed by atoms with Crippen LogP contribution in [0.5, 0.6) is 0 Å². The van der Waals surface area contributed by atoms with E-state index in [-0.39, 0.29) is 24.7 Å². The van der Waals surface area contributed by atoms with Crippen molar-refractivity contribution in [3.05, 3.63) is 34.8 Å². The Bertz CT molecular complexity index is 911. The number of furan rings is 2. The summed E-state index contributed by atoms with van der Waals surface area (Å²) in [5.74, 6) is -0.425. The molecule has 1 aromatic carbocycles. The Morgan fingerprint density at radius 3 is 1.72 bits per heavy atom. The molecule has 6 nitrogen and oxygen atoms in total. The van der Waals surface area contributed by atoms with Gasteiger partial charge in [-0.1, -0.05) is 0 Å². The van der Waals surface area contributed by atoms with Crippen molar-refractivity contribution in [2.24, 2.45) is 0 Å². The second-order valence-electron chi connectivity index (χ2n) is 5.93. The molecule has 2 heterocycles. The molecule has 0 bridgehead atoms. The highest BCUT2D eigenvalue weighted by atomic mass is 16.5. The number of carbonyl (C=O) groups is 2. The Morgan fingerprint density at radius 1 is 0.880 bits per heavy atom. The first-order valence-electron chi connectivity index (χ1n) is 8.49. The van der Waals surface area contributed by atoms with Gasteiger partial charge in [-0.2, -0.15) is 0 Å². The van der Waals surface area contributed by atoms with E-state index in [1.165, 1.54) is 0 Å². The lowest BCUT2D eigenvalue weighted by Gasteiger charge is -2.02. The quantitative estimate of drug-likeness (QED) is 0.666. The Balaban J connectivity index is 2.00. The van der Waals surface area contributed by atoms with Crippen LogP contribution >= 0.6 is 0 Å². The molecule has 0 spiro atoms. The zero-order valence-corrected chi connectivity index (χ0v) is 14.1. The van der Waals surface area contributed by atoms with Gasteiger partial charge in [0.05, 0.1) is 13.2 Å². The van der Waals surface area contributed by atoms with Crippen LogP contribution in [-0.4, -0.2) is 25.2 Å². The number of esters is 2. The smallest absolute Gasteiger partial charge is 0.374 e. The summed E-state index contributed by atoms with van der Waals surface area (Å²) >= 11 is 0. The number of hydrogen-bond acceptors (Lipinski definition) is 6. The third kappa shape index (κ3) is 2.32. The lowest BCUT2D eigenvalue weighted by molar-refractivity contribution is 0.0482. The maximum Gasteiger partial charge on any atom is 0.374 e. The van der Waals surface area contributed by atoms with E-state index >= 15 is 0 Å². The largest absolute Gasteiger partial charge is 0.460 e. The monoisotopic (exact) mass is 342 g/mol. The van der Waals surface area contributed by atoms with Crippen molar-refractivity contribution in [2.45, 2.75) is 33.1 Å². The predicted molar refractivity (Wildman–Crippen MR) is 89.9 cm³/mol. The zero-order valence-electron chi connectivity index (χ0n) is 14.1. The number of benzene rings is 1. The SMILES string of the molecule is CCOC(=O)c1oc2ccc3oc(C(=O)OCC)c4c3c2c1CCC4. The second-order valence-corrected chi connectivity index (χ2v) is 5.93. The van der Waals surface area contributed by atoms with Crippen LogP contribution in [0.4, 0.5) is 0 Å². The van der Waals surface area contributed by atoms with E-state index < -0.39 is 11.9 Å². The van der Waals surface area contributed by atoms with Crippen LogP contribution in [0.25, 0.3) is 21.9 Å². The summed E-state index contributed by atoms with van der Waals surface area (Å²) in [6, 6.07) is 3.52. The molecule has 0 N–H and O–H groups in total. The molecule has 2 aromatic heterocycles. The molecule has 1 aliphatic carbocycles. The van der Waals surface area contributed by atoms with E-state index in [1.807, 2.05) is 0 Å². The van der Waals surface area contributed by atoms with Crippen molar-refractivity contribution in [2.75, 3.05) is 13.2 Å². The van der Waals surface area contributed by atoms with Gasteiger partial charge in [-0.25, -0.2) is 9.59 Å². The molecule has 0 amide bonds. The third-order valence-electron chi connectivity index (χ3n) is 4.48. The van der Waals surface area contributed by atoms with Gasteiger partial charge in [-0.15, -0.1) is 0 Å². The van der Waals surface area contributed by atoms with E-state index in [0.29, 0.717) is 24.0 Å². The normalized spacial score (nSPS) is 13.4. The van der Waals surface area contributed by atoms with E-state index in [9.17, 15) is 9.59 Å². The minimum atomic E-state index is -0.459. The lowest BCUT2D eigenvalue weighted by atomic mass is 10.0. The van der Waals surface area contributed by atoms with Gasteiger partial charge in [0.2, 0.25) is 11.5 Å². The molecule has 0 saturated carbocycles. The molecule has 0 atom stereocenters. The van der Waals surface area contributed by atoms with Crippen LogP contribution in [0.15, 0.2) is 21.0 Å². The summed E-state index contributed by atoms with van der Waals surface area (Å²) < 4.78 is 21.8. The molecule has 0 aliphatic heterocycles. The fraction of sp³-hybridized carbons (Fsp3) is 0.368. The highest BCUT2D eigenvalue weighted by Crippen LogP contribution is 2.41. The van der Waals surface area contributed by atoms with Crippen molar-refractivity contribution >= 4 is 33.9 Å². The first kappa shape index (κ1) is 15.7. The summed E-state index contributed by atoms with van der Waals surface area (Å²) in [5.41, 5.74) is 2.86. The summed E-state index contributed by atoms with van der Waals surface area (Å²) in [4.78, 5) is 24.5. The molecular formula is C19H18O6. The number of aryl methyl sites for hydroxylation is 2. The second kappa shape index (κ2) is 5.95. The fourth-order valence-electron chi connectivity index (χ4n) is 3.55. The Labute approximate surface area is 143 Å². The first-order chi connectivity index (χ1) is 12.2. The topological polar surface area (TPSA) is 78.9 Å². The first-order valence-corrected chi connectivity index (χ1v) is 8.49. The minimum Gasteiger partial charge on any atom is -0.460 e. The minimum absolute atomic E-state index is 0.246. The molecule has 1 aliphatic rings. The Kier molecular flexibility index (Phi) is 3.75. The number of hydrogen-bond donors (Lipinski definition) is 0. The van der Waals surface area contributed by atoms with Gasteiger partial charge in [-0.3, -0.25) is 0 Å². The van der Waals surface area contributed by atoms with Crippen LogP contribution in [0, 0.1) is 0 Å². The average molecular weight is 342 g/mol. The van der Waals surface area contributed by atoms with Crippen LogP contribution in [-0.2, 0) is 22.3 Å². The van der Waals surface area contributed by atoms with Crippen LogP contribution in [0.2, 0.25) is 0 Å². The van der Waals surface area contributed by atoms with Crippen molar-refractivity contribution in [1.82, 2.24) is 0 Å². The molecular weight excluding hydrogens is 324 g/mol. The van der Waals surface area contributed by atoms with Crippen LogP contribution in [0.3, 0.4) is 0 Å². The number of ether oxygens (including phenoxy) is 2. The highest BCUT2D eigenvalue weighted by molar-refractivity contribution is 6.13. The van der Waals surface area contributed by atoms with E-state index in [2.05, 4.69) is 0 Å². The molecule has 25 heavy (non-hydrogen) atoms. The van der Waals surface area contributed by atoms with Gasteiger partial charge in [0.15, 0.2) is 0 Å². The number of rotatable bonds is 4. The maximum atomic E-state index is 12.2. The molecule has 0 fully saturated rings. The average Bonchev–Trinajstić information content (AvgIpc) is 3.08. The molecule has 6 heteroatoms. The summed E-state index contributed by atoms with van der Waals surface area (Å²) in [5, 5.41) is 1.68. The molecule has 4 rings (SSSR count). The number of carbonyl (C=O) groups excluding carboxylic acids is 2. The van der Waals surface area contributed by atoms with Gasteiger partial charge in [0, 0.05) is 21.9 Å². The Morgan fingerprint density at radius 2 is 1.32 bits per heavy atom. The van der Waals surface area contributed by atoms with E-state index in [4.69, 9.17) is 18.3 Å². The van der Waals surface area contributed by atoms with Crippen molar-refractivity contribution < 1.29 is 27.9 Å². The van der Waals surface area contributed by atoms with E-state index in [1.54, 1.807) is 26.0 Å². The summed E-state index contributed by atoms with van der Waals surface area (Å²) in [6.07, 6.45) is 2.13. The van der Waals surface area contributed by atoms with Gasteiger partial charge in [0.25, 0.3) is 0 Å². The van der Waals surface area contributed by atoms with Crippen molar-refractivity contribution in [1.29, 1.82) is 0 Å². The standard InChI is InChI=1S/C19H18O6/c1-3-22-18(20)16-10-6-5-7-11-15-13(9-8-12(24-16)14(10)15)25-17(11)19(21)23-4-2/h8-9H,3-7H2,1-2H3. The van der Waals surface area contributed by atoms with Gasteiger partial charge in [-0.05, 0) is 45.2 Å². The fourth-order valence-corrected chi connectivity index (χ4v) is 3.55. The molecule has 0 radical (unpaired) electrons. The third-order valence-corrected chi connectivity index (χ3v) is 4.48. The summed E-state index contributed by atoms with van der Waals surface area (Å²) in [7, 11) is 0. The maximum absolute atomic E-state index is 12.2. The molecule has 3 aromatic rings. The molecule has 130 valence electrons. The lowest BCUT2D eigenvalue weighted by Crippen LogP contribution is -2.06. The summed E-state index contributed by atoms with van der Waals surface area (Å²) in [6.45, 7) is 4.09. The van der Waals surface area contributed by atoms with Gasteiger partial charge in [0.1, 0.15) is 11.2 Å². The van der Waals surface area contributed by atoms with Crippen LogP contribution < -0.4 is 0 Å². The van der Waals surface area contributed by atoms with Gasteiger partial charge < -0.3 is 18.3 Å². The molecule has 0 unspecified atom stereocenters. The van der Waals surface area contributed by atoms with Crippen molar-refractivity contribution in [3.8, 4) is 0 Å². The van der Waals surface area contributed by atoms with Gasteiger partial charge >= 0.3 is 11.9 Å². The molecule has 0 saturated heterocycles.